The monoisotopic (exact) mass is 465 g/mol. The second-order valence-electron chi connectivity index (χ2n) is 9.31. The first-order valence-electron chi connectivity index (χ1n) is 11.9. The Hall–Kier alpha value is -2.29. The second kappa shape index (κ2) is 9.91. The van der Waals surface area contributed by atoms with E-state index in [4.69, 9.17) is 4.74 Å². The van der Waals surface area contributed by atoms with Gasteiger partial charge in [-0.1, -0.05) is 19.4 Å². The number of aryl methyl sites for hydroxylation is 2. The standard InChI is InChI=1S/C24H34F3N5O/c1-4-30(11-10-24(25,26)27)12-13-31-22(16-33-20-9-8-17(2)18(3)14-20)28-29-23(31)32-15-19-6-5-7-21(19)32/h8-9,14,19,21H,4-7,10-13,15-16H2,1-3H3. The molecule has 2 aromatic rings. The van der Waals surface area contributed by atoms with Gasteiger partial charge in [0.15, 0.2) is 5.82 Å². The van der Waals surface area contributed by atoms with E-state index in [-0.39, 0.29) is 13.2 Å². The summed E-state index contributed by atoms with van der Waals surface area (Å²) in [6.45, 7) is 8.86. The van der Waals surface area contributed by atoms with Gasteiger partial charge in [-0.25, -0.2) is 0 Å². The molecule has 2 heterocycles. The van der Waals surface area contributed by atoms with E-state index >= 15 is 0 Å². The minimum absolute atomic E-state index is 0.000346. The molecule has 1 saturated heterocycles. The molecule has 2 aliphatic rings. The fraction of sp³-hybridized carbons (Fsp3) is 0.667. The van der Waals surface area contributed by atoms with E-state index in [1.54, 1.807) is 0 Å². The van der Waals surface area contributed by atoms with E-state index in [0.29, 0.717) is 31.5 Å². The molecule has 0 amide bonds. The molecule has 6 nitrogen and oxygen atoms in total. The third kappa shape index (κ3) is 5.62. The highest BCUT2D eigenvalue weighted by atomic mass is 19.4. The van der Waals surface area contributed by atoms with Crippen LogP contribution in [0.5, 0.6) is 5.75 Å². The summed E-state index contributed by atoms with van der Waals surface area (Å²) in [7, 11) is 0. The third-order valence-electron chi connectivity index (χ3n) is 7.16. The van der Waals surface area contributed by atoms with Crippen molar-refractivity contribution < 1.29 is 17.9 Å². The van der Waals surface area contributed by atoms with Gasteiger partial charge >= 0.3 is 6.18 Å². The maximum Gasteiger partial charge on any atom is 0.390 e. The molecule has 9 heteroatoms. The molecular weight excluding hydrogens is 431 g/mol. The number of rotatable bonds is 10. The summed E-state index contributed by atoms with van der Waals surface area (Å²) in [5, 5.41) is 8.92. The molecule has 0 N–H and O–H groups in total. The number of nitrogens with zero attached hydrogens (tertiary/aromatic N) is 5. The van der Waals surface area contributed by atoms with Crippen LogP contribution in [0, 0.1) is 19.8 Å². The fourth-order valence-corrected chi connectivity index (χ4v) is 4.90. The molecule has 0 spiro atoms. The summed E-state index contributed by atoms with van der Waals surface area (Å²) >= 11 is 0. The molecule has 33 heavy (non-hydrogen) atoms. The number of hydrogen-bond donors (Lipinski definition) is 0. The first-order valence-corrected chi connectivity index (χ1v) is 11.9. The van der Waals surface area contributed by atoms with Crippen LogP contribution in [0.2, 0.25) is 0 Å². The Morgan fingerprint density at radius 1 is 1.12 bits per heavy atom. The average Bonchev–Trinajstić information content (AvgIpc) is 3.32. The van der Waals surface area contributed by atoms with Crippen molar-refractivity contribution >= 4 is 5.95 Å². The average molecular weight is 466 g/mol. The predicted molar refractivity (Wildman–Crippen MR) is 122 cm³/mol. The molecule has 1 aromatic heterocycles. The van der Waals surface area contributed by atoms with Crippen molar-refractivity contribution in [3.8, 4) is 5.75 Å². The lowest BCUT2D eigenvalue weighted by Gasteiger charge is -2.45. The largest absolute Gasteiger partial charge is 0.486 e. The summed E-state index contributed by atoms with van der Waals surface area (Å²) in [5.74, 6) is 3.03. The van der Waals surface area contributed by atoms with Crippen LogP contribution < -0.4 is 9.64 Å². The van der Waals surface area contributed by atoms with Crippen molar-refractivity contribution in [3.63, 3.8) is 0 Å². The van der Waals surface area contributed by atoms with Crippen molar-refractivity contribution in [3.05, 3.63) is 35.2 Å². The maximum atomic E-state index is 12.7. The molecule has 2 unspecified atom stereocenters. The van der Waals surface area contributed by atoms with Crippen molar-refractivity contribution in [1.29, 1.82) is 0 Å². The quantitative estimate of drug-likeness (QED) is 0.507. The Morgan fingerprint density at radius 3 is 2.64 bits per heavy atom. The van der Waals surface area contributed by atoms with Crippen LogP contribution in [-0.2, 0) is 13.2 Å². The van der Waals surface area contributed by atoms with Gasteiger partial charge in [0.2, 0.25) is 5.95 Å². The van der Waals surface area contributed by atoms with Crippen LogP contribution in [0.4, 0.5) is 19.1 Å². The maximum absolute atomic E-state index is 12.7. The Bertz CT molecular complexity index is 945. The van der Waals surface area contributed by atoms with Gasteiger partial charge in [-0.05, 0) is 62.4 Å². The summed E-state index contributed by atoms with van der Waals surface area (Å²) < 4.78 is 46.2. The van der Waals surface area contributed by atoms with Gasteiger partial charge < -0.3 is 14.5 Å². The number of hydrogen-bond acceptors (Lipinski definition) is 5. The molecule has 182 valence electrons. The smallest absolute Gasteiger partial charge is 0.390 e. The minimum Gasteiger partial charge on any atom is -0.486 e. The van der Waals surface area contributed by atoms with Crippen LogP contribution in [0.15, 0.2) is 18.2 Å². The Kier molecular flexibility index (Phi) is 7.16. The molecule has 4 rings (SSSR count). The van der Waals surface area contributed by atoms with E-state index in [1.165, 1.54) is 24.8 Å². The predicted octanol–water partition coefficient (Wildman–Crippen LogP) is 4.74. The number of fused-ring (bicyclic) bond motifs is 1. The number of halogens is 3. The van der Waals surface area contributed by atoms with Crippen LogP contribution in [0.3, 0.4) is 0 Å². The van der Waals surface area contributed by atoms with Crippen molar-refractivity contribution in [1.82, 2.24) is 19.7 Å². The lowest BCUT2D eigenvalue weighted by atomic mass is 9.92. The zero-order valence-electron chi connectivity index (χ0n) is 19.7. The zero-order valence-corrected chi connectivity index (χ0v) is 19.7. The lowest BCUT2D eigenvalue weighted by Crippen LogP contribution is -2.54. The van der Waals surface area contributed by atoms with Gasteiger partial charge in [0.05, 0.1) is 6.42 Å². The molecule has 1 aromatic carbocycles. The van der Waals surface area contributed by atoms with Gasteiger partial charge in [0.25, 0.3) is 0 Å². The topological polar surface area (TPSA) is 46.4 Å². The van der Waals surface area contributed by atoms with Gasteiger partial charge in [-0.15, -0.1) is 10.2 Å². The van der Waals surface area contributed by atoms with Crippen molar-refractivity contribution in [2.75, 3.05) is 31.1 Å². The third-order valence-corrected chi connectivity index (χ3v) is 7.16. The Balaban J connectivity index is 1.48. The highest BCUT2D eigenvalue weighted by Crippen LogP contribution is 2.41. The van der Waals surface area contributed by atoms with Gasteiger partial charge in [0, 0.05) is 32.2 Å². The van der Waals surface area contributed by atoms with E-state index in [9.17, 15) is 13.2 Å². The molecule has 1 aliphatic carbocycles. The van der Waals surface area contributed by atoms with Crippen molar-refractivity contribution in [2.24, 2.45) is 5.92 Å². The number of likely N-dealkylation sites (N-methyl/N-ethyl adjacent to an activating group) is 1. The Morgan fingerprint density at radius 2 is 1.94 bits per heavy atom. The van der Waals surface area contributed by atoms with E-state index < -0.39 is 12.6 Å². The van der Waals surface area contributed by atoms with Gasteiger partial charge in [0.1, 0.15) is 12.4 Å². The first-order chi connectivity index (χ1) is 15.7. The number of anilines is 1. The number of alkyl halides is 3. The molecule has 2 fully saturated rings. The van der Waals surface area contributed by atoms with Crippen LogP contribution in [-0.4, -0.2) is 58.1 Å². The number of aromatic nitrogens is 3. The van der Waals surface area contributed by atoms with Crippen LogP contribution >= 0.6 is 0 Å². The summed E-state index contributed by atoms with van der Waals surface area (Å²) in [6, 6.07) is 6.49. The molecule has 2 atom stereocenters. The summed E-state index contributed by atoms with van der Waals surface area (Å²) in [5.41, 5.74) is 2.36. The molecule has 1 saturated carbocycles. The van der Waals surface area contributed by atoms with E-state index in [0.717, 1.165) is 29.7 Å². The fourth-order valence-electron chi connectivity index (χ4n) is 4.90. The van der Waals surface area contributed by atoms with Crippen molar-refractivity contribution in [2.45, 2.75) is 71.8 Å². The summed E-state index contributed by atoms with van der Waals surface area (Å²) in [4.78, 5) is 4.15. The number of ether oxygens (including phenoxy) is 1. The van der Waals surface area contributed by atoms with E-state index in [2.05, 4.69) is 22.0 Å². The lowest BCUT2D eigenvalue weighted by molar-refractivity contribution is -0.137. The molecule has 0 radical (unpaired) electrons. The number of benzene rings is 1. The van der Waals surface area contributed by atoms with Gasteiger partial charge in [-0.3, -0.25) is 4.57 Å². The highest BCUT2D eigenvalue weighted by molar-refractivity contribution is 5.39. The van der Waals surface area contributed by atoms with E-state index in [1.807, 2.05) is 41.5 Å². The molecular formula is C24H34F3N5O. The first kappa shape index (κ1) is 23.9. The minimum atomic E-state index is -4.14. The van der Waals surface area contributed by atoms with Gasteiger partial charge in [-0.2, -0.15) is 13.2 Å². The zero-order chi connectivity index (χ0) is 23.6. The van der Waals surface area contributed by atoms with Crippen LogP contribution in [0.25, 0.3) is 0 Å². The highest BCUT2D eigenvalue weighted by Gasteiger charge is 2.44. The Labute approximate surface area is 193 Å². The molecule has 0 bridgehead atoms. The SMILES string of the molecule is CCN(CCn1c(COc2ccc(C)c(C)c2)nnc1N1CC2CCCC21)CCC(F)(F)F. The second-order valence-corrected chi connectivity index (χ2v) is 9.31. The van der Waals surface area contributed by atoms with Crippen LogP contribution in [0.1, 0.15) is 49.6 Å². The molecule has 1 aliphatic heterocycles. The normalized spacial score (nSPS) is 20.3. The summed E-state index contributed by atoms with van der Waals surface area (Å²) in [6.07, 6.45) is -1.27.